The summed E-state index contributed by atoms with van der Waals surface area (Å²) in [6.45, 7) is 2.01. The Bertz CT molecular complexity index is 629. The van der Waals surface area contributed by atoms with E-state index in [0.29, 0.717) is 0 Å². The maximum Gasteiger partial charge on any atom is 0.171 e. The Kier molecular flexibility index (Phi) is 4.50. The molecule has 0 aliphatic carbocycles. The number of aryl methyl sites for hydroxylation is 1. The summed E-state index contributed by atoms with van der Waals surface area (Å²) in [7, 11) is 0. The van der Waals surface area contributed by atoms with Crippen LogP contribution in [0.1, 0.15) is 11.1 Å². The van der Waals surface area contributed by atoms with Crippen molar-refractivity contribution in [2.75, 3.05) is 0 Å². The lowest BCUT2D eigenvalue weighted by atomic mass is 10.1. The third-order valence-corrected chi connectivity index (χ3v) is 4.34. The summed E-state index contributed by atoms with van der Waals surface area (Å²) in [4.78, 5) is 2.09. The predicted octanol–water partition coefficient (Wildman–Crippen LogP) is 4.00. The van der Waals surface area contributed by atoms with Crippen LogP contribution in [0.2, 0.25) is 0 Å². The average molecular weight is 337 g/mol. The summed E-state index contributed by atoms with van der Waals surface area (Å²) in [5.41, 5.74) is 7.56. The van der Waals surface area contributed by atoms with Gasteiger partial charge in [-0.05, 0) is 36.8 Å². The largest absolute Gasteiger partial charge is 0.409 e. The van der Waals surface area contributed by atoms with Gasteiger partial charge in [0.2, 0.25) is 0 Å². The van der Waals surface area contributed by atoms with E-state index in [-0.39, 0.29) is 5.84 Å². The standard InChI is InChI=1S/C14H13BrN2OS/c1-9-4-2-7-12(14(16)17-18)13(9)19-11-6-3-5-10(15)8-11/h2-8,18H,1H3,(H2,16,17). The normalized spacial score (nSPS) is 11.6. The number of hydrogen-bond acceptors (Lipinski definition) is 3. The molecule has 0 heterocycles. The van der Waals surface area contributed by atoms with Crippen molar-refractivity contribution in [3.63, 3.8) is 0 Å². The second-order valence-corrected chi connectivity index (χ2v) is 6.00. The van der Waals surface area contributed by atoms with Crippen LogP contribution in [-0.2, 0) is 0 Å². The van der Waals surface area contributed by atoms with Crippen LogP contribution in [0.4, 0.5) is 0 Å². The van der Waals surface area contributed by atoms with Gasteiger partial charge in [0.1, 0.15) is 0 Å². The van der Waals surface area contributed by atoms with Crippen molar-refractivity contribution in [2.45, 2.75) is 16.7 Å². The molecule has 0 unspecified atom stereocenters. The molecule has 0 saturated carbocycles. The van der Waals surface area contributed by atoms with Gasteiger partial charge in [0.15, 0.2) is 5.84 Å². The third kappa shape index (κ3) is 3.30. The highest BCUT2D eigenvalue weighted by Gasteiger charge is 2.11. The number of nitrogens with two attached hydrogens (primary N) is 1. The van der Waals surface area contributed by atoms with Crippen LogP contribution in [0.5, 0.6) is 0 Å². The fourth-order valence-electron chi connectivity index (χ4n) is 1.69. The van der Waals surface area contributed by atoms with Crippen LogP contribution in [0.15, 0.2) is 61.9 Å². The molecule has 0 amide bonds. The Hall–Kier alpha value is -1.46. The molecule has 0 spiro atoms. The molecule has 19 heavy (non-hydrogen) atoms. The number of amidine groups is 1. The van der Waals surface area contributed by atoms with Crippen LogP contribution in [0.25, 0.3) is 0 Å². The zero-order valence-electron chi connectivity index (χ0n) is 10.3. The van der Waals surface area contributed by atoms with E-state index in [1.165, 1.54) is 0 Å². The summed E-state index contributed by atoms with van der Waals surface area (Å²) >= 11 is 5.05. The van der Waals surface area contributed by atoms with E-state index in [4.69, 9.17) is 10.9 Å². The van der Waals surface area contributed by atoms with Gasteiger partial charge in [0.05, 0.1) is 0 Å². The molecule has 0 radical (unpaired) electrons. The van der Waals surface area contributed by atoms with Gasteiger partial charge < -0.3 is 10.9 Å². The summed E-state index contributed by atoms with van der Waals surface area (Å²) < 4.78 is 1.02. The predicted molar refractivity (Wildman–Crippen MR) is 82.0 cm³/mol. The van der Waals surface area contributed by atoms with E-state index in [1.807, 2.05) is 49.4 Å². The van der Waals surface area contributed by atoms with Gasteiger partial charge >= 0.3 is 0 Å². The smallest absolute Gasteiger partial charge is 0.171 e. The van der Waals surface area contributed by atoms with Crippen molar-refractivity contribution in [1.29, 1.82) is 0 Å². The molecule has 2 rings (SSSR count). The number of rotatable bonds is 3. The lowest BCUT2D eigenvalue weighted by Crippen LogP contribution is -2.14. The Morgan fingerprint density at radius 1 is 1.26 bits per heavy atom. The number of oxime groups is 1. The highest BCUT2D eigenvalue weighted by atomic mass is 79.9. The maximum absolute atomic E-state index is 8.86. The van der Waals surface area contributed by atoms with Crippen molar-refractivity contribution < 1.29 is 5.21 Å². The van der Waals surface area contributed by atoms with Crippen LogP contribution in [0, 0.1) is 6.92 Å². The molecule has 2 aromatic carbocycles. The van der Waals surface area contributed by atoms with Crippen molar-refractivity contribution in [3.8, 4) is 0 Å². The van der Waals surface area contributed by atoms with E-state index in [9.17, 15) is 0 Å². The average Bonchev–Trinajstić information content (AvgIpc) is 2.40. The quantitative estimate of drug-likeness (QED) is 0.385. The molecule has 0 aliphatic heterocycles. The summed E-state index contributed by atoms with van der Waals surface area (Å²) in [6.07, 6.45) is 0. The first kappa shape index (κ1) is 14.0. The first-order valence-electron chi connectivity index (χ1n) is 5.62. The fraction of sp³-hybridized carbons (Fsp3) is 0.0714. The lowest BCUT2D eigenvalue weighted by molar-refractivity contribution is 0.318. The first-order chi connectivity index (χ1) is 9.11. The molecule has 0 bridgehead atoms. The summed E-state index contributed by atoms with van der Waals surface area (Å²) in [5, 5.41) is 12.0. The minimum atomic E-state index is 0.126. The van der Waals surface area contributed by atoms with Gasteiger partial charge in [-0.25, -0.2) is 0 Å². The van der Waals surface area contributed by atoms with Crippen molar-refractivity contribution in [1.82, 2.24) is 0 Å². The third-order valence-electron chi connectivity index (χ3n) is 2.61. The van der Waals surface area contributed by atoms with Crippen molar-refractivity contribution in [3.05, 3.63) is 58.1 Å². The fourth-order valence-corrected chi connectivity index (χ4v) is 3.32. The highest BCUT2D eigenvalue weighted by molar-refractivity contribution is 9.10. The summed E-state index contributed by atoms with van der Waals surface area (Å²) in [5.74, 6) is 0.126. The van der Waals surface area contributed by atoms with Gasteiger partial charge in [-0.1, -0.05) is 51.0 Å². The molecule has 0 saturated heterocycles. The van der Waals surface area contributed by atoms with Crippen molar-refractivity contribution >= 4 is 33.5 Å². The Morgan fingerprint density at radius 2 is 2.00 bits per heavy atom. The SMILES string of the molecule is Cc1cccc(/C(N)=N/O)c1Sc1cccc(Br)c1. The molecule has 98 valence electrons. The minimum absolute atomic E-state index is 0.126. The van der Waals surface area contributed by atoms with Gasteiger partial charge in [0.25, 0.3) is 0 Å². The molecular formula is C14H13BrN2OS. The van der Waals surface area contributed by atoms with Crippen LogP contribution in [-0.4, -0.2) is 11.0 Å². The lowest BCUT2D eigenvalue weighted by Gasteiger charge is -2.11. The van der Waals surface area contributed by atoms with E-state index in [1.54, 1.807) is 11.8 Å². The van der Waals surface area contributed by atoms with Crippen LogP contribution >= 0.6 is 27.7 Å². The maximum atomic E-state index is 8.86. The molecular weight excluding hydrogens is 324 g/mol. The second-order valence-electron chi connectivity index (χ2n) is 4.00. The number of benzene rings is 2. The van der Waals surface area contributed by atoms with Gasteiger partial charge in [-0.2, -0.15) is 0 Å². The molecule has 5 heteroatoms. The molecule has 2 aromatic rings. The van der Waals surface area contributed by atoms with E-state index in [2.05, 4.69) is 21.1 Å². The summed E-state index contributed by atoms with van der Waals surface area (Å²) in [6, 6.07) is 13.8. The van der Waals surface area contributed by atoms with Crippen LogP contribution in [0.3, 0.4) is 0 Å². The van der Waals surface area contributed by atoms with Gasteiger partial charge in [-0.15, -0.1) is 0 Å². The van der Waals surface area contributed by atoms with Crippen molar-refractivity contribution in [2.24, 2.45) is 10.9 Å². The molecule has 3 nitrogen and oxygen atoms in total. The first-order valence-corrected chi connectivity index (χ1v) is 7.23. The Labute approximate surface area is 124 Å². The minimum Gasteiger partial charge on any atom is -0.409 e. The van der Waals surface area contributed by atoms with E-state index < -0.39 is 0 Å². The molecule has 0 aliphatic rings. The highest BCUT2D eigenvalue weighted by Crippen LogP contribution is 2.34. The Morgan fingerprint density at radius 3 is 2.68 bits per heavy atom. The van der Waals surface area contributed by atoms with Gasteiger partial charge in [0, 0.05) is 19.8 Å². The zero-order valence-corrected chi connectivity index (χ0v) is 12.7. The van der Waals surface area contributed by atoms with E-state index in [0.717, 1.165) is 25.4 Å². The zero-order chi connectivity index (χ0) is 13.8. The molecule has 3 N–H and O–H groups in total. The monoisotopic (exact) mass is 336 g/mol. The second kappa shape index (κ2) is 6.12. The van der Waals surface area contributed by atoms with Gasteiger partial charge in [-0.3, -0.25) is 0 Å². The van der Waals surface area contributed by atoms with Crippen LogP contribution < -0.4 is 5.73 Å². The van der Waals surface area contributed by atoms with E-state index >= 15 is 0 Å². The topological polar surface area (TPSA) is 58.6 Å². The molecule has 0 aromatic heterocycles. The molecule has 0 atom stereocenters. The Balaban J connectivity index is 2.44. The number of halogens is 1. The molecule has 0 fully saturated rings. The number of nitrogens with zero attached hydrogens (tertiary/aromatic N) is 1. The number of hydrogen-bond donors (Lipinski definition) is 2.